The molecule has 110 valence electrons. The number of thiazole rings is 1. The number of methoxy groups -OCH3 is 2. The first kappa shape index (κ1) is 16.5. The Bertz CT molecular complexity index is 346. The van der Waals surface area contributed by atoms with E-state index >= 15 is 0 Å². The van der Waals surface area contributed by atoms with Gasteiger partial charge >= 0.3 is 0 Å². The molecule has 1 aromatic heterocycles. The van der Waals surface area contributed by atoms with Gasteiger partial charge in [-0.2, -0.15) is 0 Å². The van der Waals surface area contributed by atoms with Crippen molar-refractivity contribution >= 4 is 11.3 Å². The summed E-state index contributed by atoms with van der Waals surface area (Å²) in [6.45, 7) is 5.95. The van der Waals surface area contributed by atoms with Gasteiger partial charge in [-0.3, -0.25) is 4.90 Å². The van der Waals surface area contributed by atoms with Gasteiger partial charge in [-0.15, -0.1) is 11.3 Å². The summed E-state index contributed by atoms with van der Waals surface area (Å²) in [7, 11) is 3.45. The van der Waals surface area contributed by atoms with E-state index in [1.165, 1.54) is 0 Å². The van der Waals surface area contributed by atoms with Crippen LogP contribution in [0.5, 0.6) is 0 Å². The molecule has 0 saturated heterocycles. The van der Waals surface area contributed by atoms with Crippen LogP contribution in [0.2, 0.25) is 0 Å². The van der Waals surface area contributed by atoms with Gasteiger partial charge in [-0.25, -0.2) is 4.98 Å². The van der Waals surface area contributed by atoms with Crippen LogP contribution >= 0.6 is 11.3 Å². The van der Waals surface area contributed by atoms with Gasteiger partial charge in [0.1, 0.15) is 0 Å². The van der Waals surface area contributed by atoms with E-state index in [4.69, 9.17) is 15.2 Å². The first-order valence-electron chi connectivity index (χ1n) is 6.56. The average molecular weight is 287 g/mol. The van der Waals surface area contributed by atoms with E-state index in [1.54, 1.807) is 25.6 Å². The zero-order valence-electron chi connectivity index (χ0n) is 12.1. The van der Waals surface area contributed by atoms with Crippen LogP contribution in [0.15, 0.2) is 5.38 Å². The van der Waals surface area contributed by atoms with Gasteiger partial charge in [0.05, 0.1) is 23.9 Å². The minimum absolute atomic E-state index is 0.347. The molecule has 0 aliphatic heterocycles. The molecule has 0 aliphatic carbocycles. The van der Waals surface area contributed by atoms with Crippen molar-refractivity contribution in [1.29, 1.82) is 0 Å². The van der Waals surface area contributed by atoms with Crippen molar-refractivity contribution < 1.29 is 9.47 Å². The Kier molecular flexibility index (Phi) is 8.16. The predicted octanol–water partition coefficient (Wildman–Crippen LogP) is 1.13. The summed E-state index contributed by atoms with van der Waals surface area (Å²) in [6, 6.07) is 0.347. The summed E-state index contributed by atoms with van der Waals surface area (Å²) < 4.78 is 10.4. The van der Waals surface area contributed by atoms with Crippen molar-refractivity contribution in [2.75, 3.05) is 40.5 Å². The van der Waals surface area contributed by atoms with Gasteiger partial charge in [0.2, 0.25) is 0 Å². The molecule has 0 bridgehead atoms. The van der Waals surface area contributed by atoms with E-state index in [0.29, 0.717) is 25.8 Å². The molecule has 1 aromatic rings. The molecular weight excluding hydrogens is 262 g/mol. The summed E-state index contributed by atoms with van der Waals surface area (Å²) >= 11 is 1.68. The number of nitrogens with two attached hydrogens (primary N) is 1. The van der Waals surface area contributed by atoms with Crippen LogP contribution in [0, 0.1) is 0 Å². The third-order valence-corrected chi connectivity index (χ3v) is 3.89. The zero-order valence-corrected chi connectivity index (χ0v) is 12.9. The third-order valence-electron chi connectivity index (χ3n) is 2.94. The fraction of sp³-hybridized carbons (Fsp3) is 0.769. The number of ether oxygens (including phenoxy) is 2. The molecule has 1 heterocycles. The molecule has 0 fully saturated rings. The van der Waals surface area contributed by atoms with Crippen molar-refractivity contribution in [2.45, 2.75) is 25.9 Å². The maximum atomic E-state index is 5.55. The highest BCUT2D eigenvalue weighted by atomic mass is 32.1. The molecule has 5 nitrogen and oxygen atoms in total. The number of rotatable bonds is 10. The summed E-state index contributed by atoms with van der Waals surface area (Å²) in [5.74, 6) is 0. The van der Waals surface area contributed by atoms with E-state index in [1.807, 2.05) is 0 Å². The maximum Gasteiger partial charge on any atom is 0.0941 e. The molecule has 0 radical (unpaired) electrons. The van der Waals surface area contributed by atoms with Crippen molar-refractivity contribution in [3.05, 3.63) is 16.1 Å². The quantitative estimate of drug-likeness (QED) is 0.699. The lowest BCUT2D eigenvalue weighted by Gasteiger charge is -2.27. The minimum Gasteiger partial charge on any atom is -0.383 e. The standard InChI is InChI=1S/C13H25N3O2S/c1-11(9-18-3)16(6-7-17-2)8-12-10-19-13(15-12)4-5-14/h10-11H,4-9,14H2,1-3H3. The van der Waals surface area contributed by atoms with E-state index in [-0.39, 0.29) is 0 Å². The molecule has 19 heavy (non-hydrogen) atoms. The minimum atomic E-state index is 0.347. The predicted molar refractivity (Wildman–Crippen MR) is 78.5 cm³/mol. The number of hydrogen-bond donors (Lipinski definition) is 1. The smallest absolute Gasteiger partial charge is 0.0941 e. The van der Waals surface area contributed by atoms with E-state index < -0.39 is 0 Å². The monoisotopic (exact) mass is 287 g/mol. The Labute approximate surface area is 119 Å². The van der Waals surface area contributed by atoms with E-state index in [9.17, 15) is 0 Å². The Balaban J connectivity index is 2.58. The van der Waals surface area contributed by atoms with Gasteiger partial charge in [0, 0.05) is 45.2 Å². The molecule has 6 heteroatoms. The Morgan fingerprint density at radius 1 is 1.42 bits per heavy atom. The van der Waals surface area contributed by atoms with E-state index in [0.717, 1.165) is 30.2 Å². The average Bonchev–Trinajstić information content (AvgIpc) is 2.82. The normalized spacial score (nSPS) is 13.1. The molecule has 0 saturated carbocycles. The van der Waals surface area contributed by atoms with Crippen molar-refractivity contribution in [1.82, 2.24) is 9.88 Å². The zero-order chi connectivity index (χ0) is 14.1. The Morgan fingerprint density at radius 2 is 2.21 bits per heavy atom. The highest BCUT2D eigenvalue weighted by Crippen LogP contribution is 2.13. The highest BCUT2D eigenvalue weighted by molar-refractivity contribution is 7.09. The lowest BCUT2D eigenvalue weighted by atomic mass is 10.2. The lowest BCUT2D eigenvalue weighted by molar-refractivity contribution is 0.0698. The fourth-order valence-electron chi connectivity index (χ4n) is 1.88. The van der Waals surface area contributed by atoms with Crippen LogP contribution in [0.3, 0.4) is 0 Å². The van der Waals surface area contributed by atoms with Crippen LogP contribution in [0.1, 0.15) is 17.6 Å². The summed E-state index contributed by atoms with van der Waals surface area (Å²) in [5.41, 5.74) is 6.65. The Morgan fingerprint density at radius 3 is 2.84 bits per heavy atom. The van der Waals surface area contributed by atoms with Crippen LogP contribution in [0.4, 0.5) is 0 Å². The molecule has 1 rings (SSSR count). The topological polar surface area (TPSA) is 60.6 Å². The summed E-state index contributed by atoms with van der Waals surface area (Å²) in [4.78, 5) is 6.93. The van der Waals surface area contributed by atoms with Crippen LogP contribution in [0.25, 0.3) is 0 Å². The van der Waals surface area contributed by atoms with Gasteiger partial charge < -0.3 is 15.2 Å². The molecule has 1 unspecified atom stereocenters. The number of nitrogens with zero attached hydrogens (tertiary/aromatic N) is 2. The fourth-order valence-corrected chi connectivity index (χ4v) is 2.68. The Hall–Kier alpha value is -0.530. The second kappa shape index (κ2) is 9.39. The highest BCUT2D eigenvalue weighted by Gasteiger charge is 2.15. The molecular formula is C13H25N3O2S. The molecule has 2 N–H and O–H groups in total. The number of hydrogen-bond acceptors (Lipinski definition) is 6. The molecule has 0 aliphatic rings. The van der Waals surface area contributed by atoms with Gasteiger partial charge in [0.15, 0.2) is 0 Å². The molecule has 1 atom stereocenters. The molecule has 0 spiro atoms. The molecule has 0 aromatic carbocycles. The summed E-state index contributed by atoms with van der Waals surface area (Å²) in [5, 5.41) is 3.23. The van der Waals surface area contributed by atoms with Gasteiger partial charge in [0.25, 0.3) is 0 Å². The maximum absolute atomic E-state index is 5.55. The van der Waals surface area contributed by atoms with Crippen molar-refractivity contribution in [2.24, 2.45) is 5.73 Å². The summed E-state index contributed by atoms with van der Waals surface area (Å²) in [6.07, 6.45) is 0.858. The first-order chi connectivity index (χ1) is 9.21. The third kappa shape index (κ3) is 5.97. The first-order valence-corrected chi connectivity index (χ1v) is 7.44. The van der Waals surface area contributed by atoms with E-state index in [2.05, 4.69) is 22.2 Å². The SMILES string of the molecule is COCCN(Cc1csc(CCN)n1)C(C)COC. The van der Waals surface area contributed by atoms with Crippen LogP contribution in [-0.4, -0.2) is 56.4 Å². The van der Waals surface area contributed by atoms with Gasteiger partial charge in [-0.05, 0) is 13.5 Å². The van der Waals surface area contributed by atoms with Crippen LogP contribution in [-0.2, 0) is 22.4 Å². The number of aromatic nitrogens is 1. The molecule has 0 amide bonds. The largest absolute Gasteiger partial charge is 0.383 e. The van der Waals surface area contributed by atoms with Gasteiger partial charge in [-0.1, -0.05) is 0 Å². The van der Waals surface area contributed by atoms with Crippen LogP contribution < -0.4 is 5.73 Å². The lowest BCUT2D eigenvalue weighted by Crippen LogP contribution is -2.38. The second-order valence-corrected chi connectivity index (χ2v) is 5.48. The van der Waals surface area contributed by atoms with Crippen molar-refractivity contribution in [3.8, 4) is 0 Å². The van der Waals surface area contributed by atoms with Crippen molar-refractivity contribution in [3.63, 3.8) is 0 Å². The second-order valence-electron chi connectivity index (χ2n) is 4.54.